The molecule has 1 atom stereocenters. The molecule has 0 aliphatic heterocycles. The Bertz CT molecular complexity index is 132. The zero-order chi connectivity index (χ0) is 8.91. The van der Waals surface area contributed by atoms with E-state index in [0.717, 1.165) is 17.4 Å². The van der Waals surface area contributed by atoms with E-state index >= 15 is 0 Å². The highest BCUT2D eigenvalue weighted by molar-refractivity contribution is 7.74. The van der Waals surface area contributed by atoms with Gasteiger partial charge in [0.05, 0.1) is 45.7 Å². The zero-order valence-electron chi connectivity index (χ0n) is 7.20. The Kier molecular flexibility index (Phi) is 4.83. The maximum Gasteiger partial charge on any atom is 0.0842 e. The molecule has 0 aliphatic carbocycles. The molecule has 0 aromatic rings. The highest BCUT2D eigenvalue weighted by Gasteiger charge is 2.04. The van der Waals surface area contributed by atoms with Crippen molar-refractivity contribution in [2.75, 3.05) is 34.3 Å². The molecule has 5 heteroatoms. The van der Waals surface area contributed by atoms with Crippen LogP contribution in [0.3, 0.4) is 0 Å². The van der Waals surface area contributed by atoms with Gasteiger partial charge in [0.15, 0.2) is 0 Å². The molecule has 0 saturated heterocycles. The van der Waals surface area contributed by atoms with Crippen LogP contribution in [0.1, 0.15) is 6.42 Å². The second-order valence-corrected chi connectivity index (χ2v) is 4.04. The summed E-state index contributed by atoms with van der Waals surface area (Å²) in [6.07, 6.45) is 0.761. The first-order chi connectivity index (χ1) is 4.92. The van der Waals surface area contributed by atoms with Crippen LogP contribution >= 0.6 is 0 Å². The van der Waals surface area contributed by atoms with Gasteiger partial charge in [0, 0.05) is 6.42 Å². The van der Waals surface area contributed by atoms with E-state index < -0.39 is 11.4 Å². The standard InChI is InChI=1S/C6H15NO3S/c1-7(2,3)5-4-6-10-11(8)9/h4-6H2,1-3H3. The average Bonchev–Trinajstić information content (AvgIpc) is 1.78. The molecule has 0 N–H and O–H groups in total. The van der Waals surface area contributed by atoms with Gasteiger partial charge in [0.25, 0.3) is 0 Å². The summed E-state index contributed by atoms with van der Waals surface area (Å²) in [7, 11) is 6.15. The van der Waals surface area contributed by atoms with E-state index in [1.165, 1.54) is 0 Å². The van der Waals surface area contributed by atoms with Gasteiger partial charge in [-0.25, -0.2) is 4.21 Å². The summed E-state index contributed by atoms with van der Waals surface area (Å²) in [6.45, 7) is 1.20. The minimum Gasteiger partial charge on any atom is -0.750 e. The third kappa shape index (κ3) is 10.0. The first-order valence-corrected chi connectivity index (χ1v) is 4.45. The van der Waals surface area contributed by atoms with Gasteiger partial charge >= 0.3 is 0 Å². The molecule has 0 radical (unpaired) electrons. The van der Waals surface area contributed by atoms with Crippen LogP contribution in [0.5, 0.6) is 0 Å². The van der Waals surface area contributed by atoms with Crippen molar-refractivity contribution in [2.45, 2.75) is 6.42 Å². The van der Waals surface area contributed by atoms with Gasteiger partial charge in [-0.3, -0.25) is 0 Å². The van der Waals surface area contributed by atoms with E-state index in [4.69, 9.17) is 0 Å². The molecule has 0 saturated carbocycles. The van der Waals surface area contributed by atoms with Crippen LogP contribution in [0.25, 0.3) is 0 Å². The van der Waals surface area contributed by atoms with E-state index in [0.29, 0.717) is 0 Å². The zero-order valence-corrected chi connectivity index (χ0v) is 8.02. The normalized spacial score (nSPS) is 14.9. The molecule has 4 nitrogen and oxygen atoms in total. The van der Waals surface area contributed by atoms with Crippen molar-refractivity contribution in [3.8, 4) is 0 Å². The molecule has 68 valence electrons. The summed E-state index contributed by atoms with van der Waals surface area (Å²) in [6, 6.07) is 0. The second-order valence-electron chi connectivity index (χ2n) is 3.39. The minimum absolute atomic E-state index is 0.283. The van der Waals surface area contributed by atoms with Gasteiger partial charge in [0.2, 0.25) is 0 Å². The Labute approximate surface area is 70.2 Å². The predicted molar refractivity (Wildman–Crippen MR) is 42.4 cm³/mol. The van der Waals surface area contributed by atoms with Gasteiger partial charge in [0.1, 0.15) is 0 Å². The van der Waals surface area contributed by atoms with Gasteiger partial charge < -0.3 is 13.2 Å². The number of hydrogen-bond acceptors (Lipinski definition) is 3. The average molecular weight is 181 g/mol. The highest BCUT2D eigenvalue weighted by atomic mass is 32.2. The Morgan fingerprint density at radius 2 is 2.00 bits per heavy atom. The number of quaternary nitrogens is 1. The van der Waals surface area contributed by atoms with Crippen molar-refractivity contribution in [1.29, 1.82) is 0 Å². The van der Waals surface area contributed by atoms with Crippen LogP contribution in [-0.2, 0) is 15.5 Å². The number of nitrogens with zero attached hydrogens (tertiary/aromatic N) is 1. The minimum atomic E-state index is -2.35. The fourth-order valence-corrected chi connectivity index (χ4v) is 0.920. The van der Waals surface area contributed by atoms with Gasteiger partial charge in [-0.1, -0.05) is 0 Å². The molecule has 0 aromatic heterocycles. The van der Waals surface area contributed by atoms with Crippen molar-refractivity contribution >= 4 is 11.4 Å². The molecular formula is C6H15NO3S. The maximum absolute atomic E-state index is 9.90. The fourth-order valence-electron chi connectivity index (χ4n) is 0.666. The van der Waals surface area contributed by atoms with Crippen molar-refractivity contribution in [3.05, 3.63) is 0 Å². The monoisotopic (exact) mass is 181 g/mol. The molecule has 0 aromatic carbocycles. The third-order valence-electron chi connectivity index (χ3n) is 1.15. The fraction of sp³-hybridized carbons (Fsp3) is 1.00. The topological polar surface area (TPSA) is 49.4 Å². The van der Waals surface area contributed by atoms with Crippen molar-refractivity contribution in [3.63, 3.8) is 0 Å². The van der Waals surface area contributed by atoms with Crippen LogP contribution in [0, 0.1) is 0 Å². The summed E-state index contributed by atoms with van der Waals surface area (Å²) >= 11 is -2.35. The first-order valence-electron chi connectivity index (χ1n) is 3.45. The number of rotatable bonds is 5. The Balaban J connectivity index is 3.22. The predicted octanol–water partition coefficient (Wildman–Crippen LogP) is -0.107. The number of hydrogen-bond donors (Lipinski definition) is 0. The smallest absolute Gasteiger partial charge is 0.0842 e. The van der Waals surface area contributed by atoms with Crippen LogP contribution in [-0.4, -0.2) is 47.5 Å². The summed E-state index contributed by atoms with van der Waals surface area (Å²) < 4.78 is 25.0. The molecule has 11 heavy (non-hydrogen) atoms. The molecule has 0 amide bonds. The molecular weight excluding hydrogens is 166 g/mol. The van der Waals surface area contributed by atoms with Gasteiger partial charge in [-0.05, 0) is 0 Å². The van der Waals surface area contributed by atoms with Crippen molar-refractivity contribution in [1.82, 2.24) is 0 Å². The molecule has 0 fully saturated rings. The first kappa shape index (κ1) is 11.0. The lowest BCUT2D eigenvalue weighted by atomic mass is 10.4. The van der Waals surface area contributed by atoms with Crippen LogP contribution in [0.15, 0.2) is 0 Å². The van der Waals surface area contributed by atoms with Gasteiger partial charge in [-0.15, -0.1) is 0 Å². The summed E-state index contributed by atoms with van der Waals surface area (Å²) in [4.78, 5) is 0. The van der Waals surface area contributed by atoms with E-state index in [9.17, 15) is 8.76 Å². The van der Waals surface area contributed by atoms with Crippen molar-refractivity contribution in [2.24, 2.45) is 0 Å². The van der Waals surface area contributed by atoms with Crippen LogP contribution in [0.4, 0.5) is 0 Å². The molecule has 0 bridgehead atoms. The summed E-state index contributed by atoms with van der Waals surface area (Å²) in [5.41, 5.74) is 0. The molecule has 0 rings (SSSR count). The van der Waals surface area contributed by atoms with E-state index in [2.05, 4.69) is 4.18 Å². The Hall–Kier alpha value is 0.0300. The van der Waals surface area contributed by atoms with Crippen molar-refractivity contribution < 1.29 is 17.4 Å². The lowest BCUT2D eigenvalue weighted by Gasteiger charge is -2.23. The van der Waals surface area contributed by atoms with Gasteiger partial charge in [-0.2, -0.15) is 0 Å². The lowest BCUT2D eigenvalue weighted by Crippen LogP contribution is -2.35. The Morgan fingerprint density at radius 3 is 2.36 bits per heavy atom. The molecule has 1 unspecified atom stereocenters. The Morgan fingerprint density at radius 1 is 1.45 bits per heavy atom. The van der Waals surface area contributed by atoms with E-state index in [-0.39, 0.29) is 6.61 Å². The van der Waals surface area contributed by atoms with E-state index in [1.807, 2.05) is 21.1 Å². The third-order valence-corrected chi connectivity index (χ3v) is 1.51. The SMILES string of the molecule is C[N+](C)(C)CCCOS(=O)[O-]. The highest BCUT2D eigenvalue weighted by Crippen LogP contribution is 1.94. The molecule has 0 heterocycles. The quantitative estimate of drug-likeness (QED) is 0.338. The van der Waals surface area contributed by atoms with Crippen LogP contribution in [0.2, 0.25) is 0 Å². The molecule has 0 spiro atoms. The van der Waals surface area contributed by atoms with Crippen LogP contribution < -0.4 is 0 Å². The largest absolute Gasteiger partial charge is 0.750 e. The lowest BCUT2D eigenvalue weighted by molar-refractivity contribution is -0.870. The summed E-state index contributed by atoms with van der Waals surface area (Å²) in [5, 5.41) is 0. The second kappa shape index (κ2) is 4.82. The van der Waals surface area contributed by atoms with E-state index in [1.54, 1.807) is 0 Å². The maximum atomic E-state index is 9.90. The summed E-state index contributed by atoms with van der Waals surface area (Å²) in [5.74, 6) is 0. The molecule has 0 aliphatic rings.